The highest BCUT2D eigenvalue weighted by molar-refractivity contribution is 7.99. The first-order valence-corrected chi connectivity index (χ1v) is 10.8. The lowest BCUT2D eigenvalue weighted by atomic mass is 10.1. The van der Waals surface area contributed by atoms with Gasteiger partial charge in [-0.2, -0.15) is 5.10 Å². The van der Waals surface area contributed by atoms with E-state index in [1.807, 2.05) is 24.3 Å². The molecule has 2 aromatic carbocycles. The maximum atomic E-state index is 12.1. The molecule has 5 heteroatoms. The second-order valence-electron chi connectivity index (χ2n) is 7.16. The van der Waals surface area contributed by atoms with Crippen molar-refractivity contribution in [2.45, 2.75) is 33.4 Å². The molecular formula is C24H27N3OS. The van der Waals surface area contributed by atoms with Crippen molar-refractivity contribution in [3.8, 4) is 5.69 Å². The zero-order valence-corrected chi connectivity index (χ0v) is 18.2. The number of para-hydroxylation sites is 1. The lowest BCUT2D eigenvalue weighted by Gasteiger charge is -2.12. The Morgan fingerprint density at radius 3 is 2.45 bits per heavy atom. The first-order valence-electron chi connectivity index (χ1n) is 9.66. The summed E-state index contributed by atoms with van der Waals surface area (Å²) in [4.78, 5) is 12.1. The van der Waals surface area contributed by atoms with Gasteiger partial charge in [0.1, 0.15) is 0 Å². The van der Waals surface area contributed by atoms with Gasteiger partial charge >= 0.3 is 0 Å². The monoisotopic (exact) mass is 405 g/mol. The largest absolute Gasteiger partial charge is 0.318 e. The molecule has 1 heterocycles. The van der Waals surface area contributed by atoms with Gasteiger partial charge in [-0.05, 0) is 56.5 Å². The molecule has 0 unspecified atom stereocenters. The number of hydrogen-bond acceptors (Lipinski definition) is 3. The minimum atomic E-state index is -0.0902. The molecule has 3 aromatic rings. The van der Waals surface area contributed by atoms with Crippen molar-refractivity contribution in [3.05, 3.63) is 88.2 Å². The Morgan fingerprint density at radius 2 is 1.72 bits per heavy atom. The van der Waals surface area contributed by atoms with Crippen molar-refractivity contribution in [1.29, 1.82) is 0 Å². The molecule has 0 saturated heterocycles. The Hall–Kier alpha value is -2.79. The Morgan fingerprint density at radius 1 is 1.03 bits per heavy atom. The molecule has 0 spiro atoms. The average molecular weight is 406 g/mol. The van der Waals surface area contributed by atoms with Gasteiger partial charge in [0, 0.05) is 28.4 Å². The van der Waals surface area contributed by atoms with Crippen molar-refractivity contribution in [2.75, 3.05) is 5.75 Å². The predicted octanol–water partition coefficient (Wildman–Crippen LogP) is 5.09. The smallest absolute Gasteiger partial charge is 0.250 e. The normalized spacial score (nSPS) is 11.2. The van der Waals surface area contributed by atoms with Crippen LogP contribution in [0.1, 0.15) is 33.6 Å². The maximum absolute atomic E-state index is 12.1. The molecule has 4 nitrogen and oxygen atoms in total. The average Bonchev–Trinajstić information content (AvgIpc) is 2.97. The molecule has 150 valence electrons. The minimum Gasteiger partial charge on any atom is -0.318 e. The summed E-state index contributed by atoms with van der Waals surface area (Å²) in [6.45, 7) is 8.35. The summed E-state index contributed by atoms with van der Waals surface area (Å²) < 4.78 is 2.22. The Labute approximate surface area is 177 Å². The van der Waals surface area contributed by atoms with E-state index in [-0.39, 0.29) is 5.91 Å². The van der Waals surface area contributed by atoms with Gasteiger partial charge < -0.3 is 4.57 Å². The Balaban J connectivity index is 1.58. The van der Waals surface area contributed by atoms with E-state index in [0.717, 1.165) is 22.7 Å². The fourth-order valence-corrected chi connectivity index (χ4v) is 4.23. The van der Waals surface area contributed by atoms with Gasteiger partial charge in [-0.25, -0.2) is 5.43 Å². The van der Waals surface area contributed by atoms with Gasteiger partial charge in [-0.15, -0.1) is 11.8 Å². The Kier molecular flexibility index (Phi) is 6.94. The maximum Gasteiger partial charge on any atom is 0.250 e. The van der Waals surface area contributed by atoms with E-state index in [1.165, 1.54) is 22.4 Å². The molecule has 0 fully saturated rings. The molecule has 0 aliphatic rings. The fourth-order valence-electron chi connectivity index (χ4n) is 3.34. The second-order valence-corrected chi connectivity index (χ2v) is 8.15. The molecule has 1 amide bonds. The van der Waals surface area contributed by atoms with Crippen LogP contribution in [0.2, 0.25) is 0 Å². The molecule has 0 aliphatic carbocycles. The van der Waals surface area contributed by atoms with Crippen LogP contribution in [-0.2, 0) is 10.5 Å². The first kappa shape index (κ1) is 20.9. The van der Waals surface area contributed by atoms with Crippen LogP contribution in [0.15, 0.2) is 59.7 Å². The summed E-state index contributed by atoms with van der Waals surface area (Å²) in [6.07, 6.45) is 1.72. The van der Waals surface area contributed by atoms with Gasteiger partial charge in [0.2, 0.25) is 5.91 Å². The quantitative estimate of drug-likeness (QED) is 0.439. The number of rotatable bonds is 7. The van der Waals surface area contributed by atoms with Crippen molar-refractivity contribution in [3.63, 3.8) is 0 Å². The summed E-state index contributed by atoms with van der Waals surface area (Å²) in [7, 11) is 0. The van der Waals surface area contributed by atoms with Crippen LogP contribution >= 0.6 is 11.8 Å². The van der Waals surface area contributed by atoms with Crippen LogP contribution in [0.3, 0.4) is 0 Å². The van der Waals surface area contributed by atoms with Crippen LogP contribution in [0, 0.1) is 27.7 Å². The third-order valence-corrected chi connectivity index (χ3v) is 5.95. The molecule has 0 saturated carbocycles. The number of carbonyl (C=O) groups is 1. The third kappa shape index (κ3) is 5.18. The molecule has 0 atom stereocenters. The summed E-state index contributed by atoms with van der Waals surface area (Å²) in [5.41, 5.74) is 10.8. The van der Waals surface area contributed by atoms with Gasteiger partial charge in [-0.3, -0.25) is 4.79 Å². The highest BCUT2D eigenvalue weighted by Crippen LogP contribution is 2.22. The molecule has 29 heavy (non-hydrogen) atoms. The Bertz CT molecular complexity index is 1040. The van der Waals surface area contributed by atoms with E-state index in [4.69, 9.17) is 0 Å². The van der Waals surface area contributed by atoms with Gasteiger partial charge in [0.25, 0.3) is 0 Å². The van der Waals surface area contributed by atoms with Crippen LogP contribution in [0.5, 0.6) is 0 Å². The molecule has 0 aliphatic heterocycles. The van der Waals surface area contributed by atoms with Crippen LogP contribution < -0.4 is 5.43 Å². The van der Waals surface area contributed by atoms with Crippen molar-refractivity contribution < 1.29 is 4.79 Å². The van der Waals surface area contributed by atoms with E-state index in [9.17, 15) is 4.79 Å². The van der Waals surface area contributed by atoms with E-state index in [0.29, 0.717) is 5.75 Å². The first-order chi connectivity index (χ1) is 14.0. The number of nitrogens with one attached hydrogen (secondary N) is 1. The standard InChI is InChI=1S/C24H27N3OS/c1-17-9-5-7-11-21(17)15-29-16-24(28)26-25-14-22-13-19(3)27(20(22)4)23-12-8-6-10-18(23)2/h5-14H,15-16H2,1-4H3,(H,26,28)/b25-14-. The highest BCUT2D eigenvalue weighted by Gasteiger charge is 2.11. The van der Waals surface area contributed by atoms with E-state index in [1.54, 1.807) is 18.0 Å². The lowest BCUT2D eigenvalue weighted by Crippen LogP contribution is -2.19. The van der Waals surface area contributed by atoms with Gasteiger partial charge in [0.05, 0.1) is 12.0 Å². The van der Waals surface area contributed by atoms with Crippen molar-refractivity contribution >= 4 is 23.9 Å². The number of hydrazone groups is 1. The number of thioether (sulfide) groups is 1. The highest BCUT2D eigenvalue weighted by atomic mass is 32.2. The zero-order chi connectivity index (χ0) is 20.8. The number of benzene rings is 2. The second kappa shape index (κ2) is 9.61. The summed E-state index contributed by atoms with van der Waals surface area (Å²) in [5, 5.41) is 4.16. The number of nitrogens with zero attached hydrogens (tertiary/aromatic N) is 2. The van der Waals surface area contributed by atoms with Crippen LogP contribution in [0.4, 0.5) is 0 Å². The number of carbonyl (C=O) groups excluding carboxylic acids is 1. The predicted molar refractivity (Wildman–Crippen MR) is 123 cm³/mol. The summed E-state index contributed by atoms with van der Waals surface area (Å²) >= 11 is 1.59. The molecule has 1 aromatic heterocycles. The van der Waals surface area contributed by atoms with Gasteiger partial charge in [-0.1, -0.05) is 42.5 Å². The molecular weight excluding hydrogens is 378 g/mol. The van der Waals surface area contributed by atoms with E-state index < -0.39 is 0 Å². The number of amides is 1. The third-order valence-electron chi connectivity index (χ3n) is 4.97. The topological polar surface area (TPSA) is 46.4 Å². The lowest BCUT2D eigenvalue weighted by molar-refractivity contribution is -0.118. The zero-order valence-electron chi connectivity index (χ0n) is 17.4. The molecule has 0 bridgehead atoms. The van der Waals surface area contributed by atoms with E-state index >= 15 is 0 Å². The fraction of sp³-hybridized carbons (Fsp3) is 0.250. The number of aromatic nitrogens is 1. The summed E-state index contributed by atoms with van der Waals surface area (Å²) in [6, 6.07) is 18.6. The molecule has 0 radical (unpaired) electrons. The van der Waals surface area contributed by atoms with Crippen molar-refractivity contribution in [1.82, 2.24) is 9.99 Å². The minimum absolute atomic E-state index is 0.0902. The molecule has 3 rings (SSSR count). The van der Waals surface area contributed by atoms with Crippen LogP contribution in [0.25, 0.3) is 5.69 Å². The van der Waals surface area contributed by atoms with E-state index in [2.05, 4.69) is 73.1 Å². The van der Waals surface area contributed by atoms with Crippen molar-refractivity contribution in [2.24, 2.45) is 5.10 Å². The number of hydrogen-bond donors (Lipinski definition) is 1. The van der Waals surface area contributed by atoms with Crippen LogP contribution in [-0.4, -0.2) is 22.4 Å². The van der Waals surface area contributed by atoms with Gasteiger partial charge in [0.15, 0.2) is 0 Å². The molecule has 1 N–H and O–H groups in total. The SMILES string of the molecule is Cc1ccccc1CSCC(=O)N/N=C\c1cc(C)n(-c2ccccc2C)c1C. The summed E-state index contributed by atoms with van der Waals surface area (Å²) in [5.74, 6) is 1.11. The number of aryl methyl sites for hydroxylation is 3.